The molecule has 5 nitrogen and oxygen atoms in total. The molecule has 1 aliphatic rings. The molecule has 1 aromatic carbocycles. The lowest BCUT2D eigenvalue weighted by Crippen LogP contribution is -2.27. The van der Waals surface area contributed by atoms with Crippen molar-refractivity contribution in [2.75, 3.05) is 11.9 Å². The second-order valence-electron chi connectivity index (χ2n) is 4.71. The standard InChI is InChI=1S/C12H16N2O.C2HF3O2/c15-12(9-11-7-4-8-13-11)14-10-5-2-1-3-6-10;3-2(4,5)1(6)7/h1-3,5-6,11,13H,4,7-9H2,(H,14,15);(H,6,7). The topological polar surface area (TPSA) is 78.4 Å². The predicted molar refractivity (Wildman–Crippen MR) is 74.4 cm³/mol. The van der Waals surface area contributed by atoms with E-state index in [0.717, 1.165) is 18.7 Å². The van der Waals surface area contributed by atoms with Gasteiger partial charge in [0.15, 0.2) is 0 Å². The van der Waals surface area contributed by atoms with Crippen molar-refractivity contribution in [1.82, 2.24) is 5.32 Å². The Morgan fingerprint density at radius 1 is 1.27 bits per heavy atom. The van der Waals surface area contributed by atoms with Gasteiger partial charge in [-0.15, -0.1) is 0 Å². The van der Waals surface area contributed by atoms with Gasteiger partial charge < -0.3 is 15.7 Å². The van der Waals surface area contributed by atoms with Crippen LogP contribution in [-0.2, 0) is 9.59 Å². The Morgan fingerprint density at radius 3 is 2.32 bits per heavy atom. The molecule has 1 atom stereocenters. The van der Waals surface area contributed by atoms with Gasteiger partial charge in [-0.1, -0.05) is 18.2 Å². The van der Waals surface area contributed by atoms with Crippen molar-refractivity contribution in [2.45, 2.75) is 31.5 Å². The highest BCUT2D eigenvalue weighted by Crippen LogP contribution is 2.13. The van der Waals surface area contributed by atoms with Gasteiger partial charge in [0.25, 0.3) is 0 Å². The number of hydrogen-bond acceptors (Lipinski definition) is 3. The van der Waals surface area contributed by atoms with E-state index in [1.165, 1.54) is 6.42 Å². The average molecular weight is 318 g/mol. The van der Waals surface area contributed by atoms with E-state index in [9.17, 15) is 18.0 Å². The number of anilines is 1. The fraction of sp³-hybridized carbons (Fsp3) is 0.429. The molecule has 0 aliphatic carbocycles. The number of carbonyl (C=O) groups is 2. The number of hydrogen-bond donors (Lipinski definition) is 3. The average Bonchev–Trinajstić information content (AvgIpc) is 2.92. The van der Waals surface area contributed by atoms with Gasteiger partial charge in [-0.2, -0.15) is 13.2 Å². The molecule has 0 saturated carbocycles. The minimum absolute atomic E-state index is 0.0978. The molecule has 122 valence electrons. The normalized spacial score (nSPS) is 17.3. The third-order valence-electron chi connectivity index (χ3n) is 2.89. The van der Waals surface area contributed by atoms with Gasteiger partial charge in [0.2, 0.25) is 5.91 Å². The van der Waals surface area contributed by atoms with Crippen molar-refractivity contribution in [1.29, 1.82) is 0 Å². The second-order valence-corrected chi connectivity index (χ2v) is 4.71. The van der Waals surface area contributed by atoms with E-state index in [0.29, 0.717) is 12.5 Å². The number of alkyl halides is 3. The SMILES string of the molecule is O=C(CC1CCCN1)Nc1ccccc1.O=C(O)C(F)(F)F. The van der Waals surface area contributed by atoms with Gasteiger partial charge in [-0.25, -0.2) is 4.79 Å². The number of para-hydroxylation sites is 1. The van der Waals surface area contributed by atoms with E-state index >= 15 is 0 Å². The number of nitrogens with one attached hydrogen (secondary N) is 2. The summed E-state index contributed by atoms with van der Waals surface area (Å²) < 4.78 is 31.7. The molecule has 1 amide bonds. The van der Waals surface area contributed by atoms with E-state index < -0.39 is 12.1 Å². The molecule has 1 fully saturated rings. The Kier molecular flexibility index (Phi) is 6.84. The Hall–Kier alpha value is -2.09. The third kappa shape index (κ3) is 7.07. The van der Waals surface area contributed by atoms with Gasteiger partial charge >= 0.3 is 12.1 Å². The van der Waals surface area contributed by atoms with Crippen LogP contribution < -0.4 is 10.6 Å². The van der Waals surface area contributed by atoms with Crippen molar-refractivity contribution in [3.8, 4) is 0 Å². The Balaban J connectivity index is 0.000000295. The lowest BCUT2D eigenvalue weighted by Gasteiger charge is -2.10. The first-order valence-electron chi connectivity index (χ1n) is 6.67. The van der Waals surface area contributed by atoms with Crippen molar-refractivity contribution in [2.24, 2.45) is 0 Å². The molecule has 1 aromatic rings. The summed E-state index contributed by atoms with van der Waals surface area (Å²) >= 11 is 0. The van der Waals surface area contributed by atoms with Gasteiger partial charge in [0, 0.05) is 18.2 Å². The molecule has 22 heavy (non-hydrogen) atoms. The molecule has 8 heteroatoms. The van der Waals surface area contributed by atoms with Crippen LogP contribution in [0.4, 0.5) is 18.9 Å². The number of rotatable bonds is 3. The Bertz CT molecular complexity index is 486. The van der Waals surface area contributed by atoms with Gasteiger partial charge in [0.1, 0.15) is 0 Å². The number of carboxylic acid groups (broad SMARTS) is 1. The zero-order valence-corrected chi connectivity index (χ0v) is 11.7. The number of carboxylic acids is 1. The molecule has 1 saturated heterocycles. The third-order valence-corrected chi connectivity index (χ3v) is 2.89. The van der Waals surface area contributed by atoms with E-state index in [1.54, 1.807) is 0 Å². The zero-order valence-electron chi connectivity index (χ0n) is 11.7. The largest absolute Gasteiger partial charge is 0.490 e. The lowest BCUT2D eigenvalue weighted by molar-refractivity contribution is -0.192. The summed E-state index contributed by atoms with van der Waals surface area (Å²) in [5, 5.41) is 13.3. The van der Waals surface area contributed by atoms with Gasteiger partial charge in [-0.3, -0.25) is 4.79 Å². The molecule has 0 spiro atoms. The molecule has 3 N–H and O–H groups in total. The highest BCUT2D eigenvalue weighted by molar-refractivity contribution is 5.91. The van der Waals surface area contributed by atoms with Crippen LogP contribution in [0.15, 0.2) is 30.3 Å². The van der Waals surface area contributed by atoms with Crippen LogP contribution in [-0.4, -0.2) is 35.7 Å². The maximum absolute atomic E-state index is 11.6. The van der Waals surface area contributed by atoms with Crippen molar-refractivity contribution < 1.29 is 27.9 Å². The van der Waals surface area contributed by atoms with Crippen LogP contribution in [0.1, 0.15) is 19.3 Å². The fourth-order valence-electron chi connectivity index (χ4n) is 1.89. The predicted octanol–water partition coefficient (Wildman–Crippen LogP) is 2.40. The van der Waals surface area contributed by atoms with Crippen molar-refractivity contribution in [3.63, 3.8) is 0 Å². The van der Waals surface area contributed by atoms with E-state index in [1.807, 2.05) is 30.3 Å². The van der Waals surface area contributed by atoms with Crippen LogP contribution in [0.25, 0.3) is 0 Å². The van der Waals surface area contributed by atoms with E-state index in [2.05, 4.69) is 10.6 Å². The Labute approximate surface area is 125 Å². The first-order valence-corrected chi connectivity index (χ1v) is 6.67. The van der Waals surface area contributed by atoms with Crippen molar-refractivity contribution >= 4 is 17.6 Å². The number of aliphatic carboxylic acids is 1. The summed E-state index contributed by atoms with van der Waals surface area (Å²) in [7, 11) is 0. The molecule has 0 bridgehead atoms. The van der Waals surface area contributed by atoms with Crippen LogP contribution in [0.3, 0.4) is 0 Å². The number of benzene rings is 1. The highest BCUT2D eigenvalue weighted by atomic mass is 19.4. The maximum Gasteiger partial charge on any atom is 0.490 e. The molecule has 2 rings (SSSR count). The molecular formula is C14H17F3N2O3. The Morgan fingerprint density at radius 2 is 1.86 bits per heavy atom. The van der Waals surface area contributed by atoms with Crippen molar-refractivity contribution in [3.05, 3.63) is 30.3 Å². The van der Waals surface area contributed by atoms with Crippen LogP contribution in [0.2, 0.25) is 0 Å². The number of carbonyl (C=O) groups excluding carboxylic acids is 1. The zero-order chi connectivity index (χ0) is 16.6. The highest BCUT2D eigenvalue weighted by Gasteiger charge is 2.38. The molecule has 1 unspecified atom stereocenters. The summed E-state index contributed by atoms with van der Waals surface area (Å²) in [6.45, 7) is 1.04. The van der Waals surface area contributed by atoms with Crippen LogP contribution >= 0.6 is 0 Å². The summed E-state index contributed by atoms with van der Waals surface area (Å²) in [5.74, 6) is -2.66. The molecule has 0 radical (unpaired) electrons. The lowest BCUT2D eigenvalue weighted by atomic mass is 10.1. The second kappa shape index (κ2) is 8.38. The van der Waals surface area contributed by atoms with Gasteiger partial charge in [0.05, 0.1) is 0 Å². The summed E-state index contributed by atoms with van der Waals surface area (Å²) in [6, 6.07) is 9.95. The summed E-state index contributed by atoms with van der Waals surface area (Å²) in [6.07, 6.45) is -2.21. The minimum atomic E-state index is -5.08. The van der Waals surface area contributed by atoms with Crippen LogP contribution in [0.5, 0.6) is 0 Å². The maximum atomic E-state index is 11.6. The first kappa shape index (κ1) is 18.0. The monoisotopic (exact) mass is 318 g/mol. The smallest absolute Gasteiger partial charge is 0.475 e. The van der Waals surface area contributed by atoms with Crippen LogP contribution in [0, 0.1) is 0 Å². The quantitative estimate of drug-likeness (QED) is 0.800. The first-order chi connectivity index (χ1) is 10.3. The molecule has 1 heterocycles. The molecular weight excluding hydrogens is 301 g/mol. The minimum Gasteiger partial charge on any atom is -0.475 e. The van der Waals surface area contributed by atoms with Gasteiger partial charge in [-0.05, 0) is 31.5 Å². The number of halogens is 3. The summed E-state index contributed by atoms with van der Waals surface area (Å²) in [5.41, 5.74) is 0.875. The molecule has 0 aromatic heterocycles. The van der Waals surface area contributed by atoms with E-state index in [4.69, 9.17) is 9.90 Å². The fourth-order valence-corrected chi connectivity index (χ4v) is 1.89. The molecule has 1 aliphatic heterocycles. The summed E-state index contributed by atoms with van der Waals surface area (Å²) in [4.78, 5) is 20.5. The number of amides is 1. The van der Waals surface area contributed by atoms with E-state index in [-0.39, 0.29) is 5.91 Å².